The van der Waals surface area contributed by atoms with E-state index in [0.29, 0.717) is 5.82 Å². The summed E-state index contributed by atoms with van der Waals surface area (Å²) in [6.45, 7) is 0. The van der Waals surface area contributed by atoms with E-state index < -0.39 is 0 Å². The lowest BCUT2D eigenvalue weighted by Gasteiger charge is -2.12. The maximum Gasteiger partial charge on any atom is 0.162 e. The Hall–Kier alpha value is -4.83. The summed E-state index contributed by atoms with van der Waals surface area (Å²) >= 11 is 0. The van der Waals surface area contributed by atoms with Crippen LogP contribution in [-0.4, -0.2) is 19.5 Å². The molecule has 0 spiro atoms. The van der Waals surface area contributed by atoms with Crippen LogP contribution in [0.2, 0.25) is 0 Å². The van der Waals surface area contributed by atoms with Crippen molar-refractivity contribution in [3.63, 3.8) is 0 Å². The van der Waals surface area contributed by atoms with Gasteiger partial charge in [-0.05, 0) is 6.07 Å². The average Bonchev–Trinajstić information content (AvgIpc) is 3.29. The van der Waals surface area contributed by atoms with Crippen molar-refractivity contribution in [2.75, 3.05) is 0 Å². The highest BCUT2D eigenvalue weighted by molar-refractivity contribution is 6.16. The van der Waals surface area contributed by atoms with Gasteiger partial charge < -0.3 is 0 Å². The molecule has 0 saturated heterocycles. The van der Waals surface area contributed by atoms with E-state index in [1.807, 2.05) is 42.6 Å². The van der Waals surface area contributed by atoms with E-state index in [0.717, 1.165) is 55.3 Å². The van der Waals surface area contributed by atoms with Gasteiger partial charge in [-0.25, -0.2) is 9.97 Å². The zero-order valence-electron chi connectivity index (χ0n) is 18.8. The van der Waals surface area contributed by atoms with Crippen LogP contribution in [-0.2, 0) is 0 Å². The molecule has 35 heavy (non-hydrogen) atoms. The molecule has 0 fully saturated rings. The van der Waals surface area contributed by atoms with Gasteiger partial charge in [-0.3, -0.25) is 9.55 Å². The number of nitrogens with zero attached hydrogens (tertiary/aromatic N) is 4. The Morgan fingerprint density at radius 2 is 1.23 bits per heavy atom. The summed E-state index contributed by atoms with van der Waals surface area (Å²) in [5.74, 6) is 1.52. The molecule has 3 heterocycles. The van der Waals surface area contributed by atoms with Gasteiger partial charge in [0.25, 0.3) is 0 Å². The van der Waals surface area contributed by atoms with Crippen LogP contribution in [0.3, 0.4) is 0 Å². The van der Waals surface area contributed by atoms with Crippen LogP contribution in [0.1, 0.15) is 0 Å². The van der Waals surface area contributed by atoms with Crippen LogP contribution in [0.25, 0.3) is 61.2 Å². The van der Waals surface area contributed by atoms with Crippen molar-refractivity contribution in [2.24, 2.45) is 0 Å². The Balaban J connectivity index is 1.62. The molecule has 4 nitrogen and oxygen atoms in total. The van der Waals surface area contributed by atoms with E-state index in [1.165, 1.54) is 0 Å². The first-order valence-electron chi connectivity index (χ1n) is 11.6. The first-order chi connectivity index (χ1) is 17.4. The molecule has 4 heteroatoms. The first-order valence-corrected chi connectivity index (χ1v) is 11.6. The molecule has 0 radical (unpaired) electrons. The maximum atomic E-state index is 5.10. The van der Waals surface area contributed by atoms with E-state index in [2.05, 4.69) is 83.4 Å². The minimum absolute atomic E-state index is 0.695. The summed E-state index contributed by atoms with van der Waals surface area (Å²) in [6, 6.07) is 39.3. The molecule has 0 aliphatic rings. The monoisotopic (exact) mass is 448 g/mol. The fourth-order valence-electron chi connectivity index (χ4n) is 4.82. The Kier molecular flexibility index (Phi) is 4.42. The molecule has 164 valence electrons. The van der Waals surface area contributed by atoms with E-state index in [1.54, 1.807) is 0 Å². The van der Waals surface area contributed by atoms with E-state index >= 15 is 0 Å². The zero-order chi connectivity index (χ0) is 23.2. The summed E-state index contributed by atoms with van der Waals surface area (Å²) in [4.78, 5) is 14.9. The van der Waals surface area contributed by atoms with Gasteiger partial charge in [0.1, 0.15) is 5.82 Å². The fraction of sp³-hybridized carbons (Fsp3) is 0. The Bertz CT molecular complexity index is 1780. The fourth-order valence-corrected chi connectivity index (χ4v) is 4.82. The van der Waals surface area contributed by atoms with Crippen LogP contribution in [0.5, 0.6) is 0 Å². The second kappa shape index (κ2) is 7.89. The molecule has 4 aromatic carbocycles. The van der Waals surface area contributed by atoms with E-state index in [9.17, 15) is 0 Å². The highest BCUT2D eigenvalue weighted by atomic mass is 15.1. The van der Waals surface area contributed by atoms with Gasteiger partial charge in [-0.1, -0.05) is 103 Å². The number of para-hydroxylation sites is 1. The van der Waals surface area contributed by atoms with Gasteiger partial charge in [-0.15, -0.1) is 0 Å². The predicted octanol–water partition coefficient (Wildman–Crippen LogP) is 7.46. The lowest BCUT2D eigenvalue weighted by Crippen LogP contribution is -2.02. The van der Waals surface area contributed by atoms with Gasteiger partial charge in [0, 0.05) is 39.5 Å². The van der Waals surface area contributed by atoms with Crippen molar-refractivity contribution >= 4 is 32.7 Å². The minimum Gasteiger partial charge on any atom is -0.291 e. The standard InChI is InChI=1S/C31H20N4/c1-3-11-21(12-4-1)26-19-28(34-31(33-26)22-13-5-2-6-14-22)35-27-18-10-9-17-25(27)29-30(35)24-16-8-7-15-23(24)20-32-29/h1-20H. The SMILES string of the molecule is c1ccc(-c2cc(-n3c4ccccc4c4ncc5ccccc5c43)nc(-c3ccccc3)n2)cc1. The molecular weight excluding hydrogens is 428 g/mol. The third-order valence-corrected chi connectivity index (χ3v) is 6.44. The highest BCUT2D eigenvalue weighted by Gasteiger charge is 2.18. The molecule has 7 rings (SSSR count). The maximum absolute atomic E-state index is 5.10. The molecule has 3 aromatic heterocycles. The summed E-state index contributed by atoms with van der Waals surface area (Å²) in [6.07, 6.45) is 1.96. The molecule has 7 aromatic rings. The van der Waals surface area contributed by atoms with E-state index in [4.69, 9.17) is 15.0 Å². The van der Waals surface area contributed by atoms with Crippen molar-refractivity contribution in [3.8, 4) is 28.5 Å². The minimum atomic E-state index is 0.695. The number of fused-ring (bicyclic) bond motifs is 5. The first kappa shape index (κ1) is 19.6. The third kappa shape index (κ3) is 3.19. The molecule has 0 bridgehead atoms. The number of aromatic nitrogens is 4. The van der Waals surface area contributed by atoms with Crippen LogP contribution >= 0.6 is 0 Å². The zero-order valence-corrected chi connectivity index (χ0v) is 18.8. The van der Waals surface area contributed by atoms with Crippen molar-refractivity contribution in [1.29, 1.82) is 0 Å². The Morgan fingerprint density at radius 3 is 2.03 bits per heavy atom. The number of rotatable bonds is 3. The molecule has 0 N–H and O–H groups in total. The molecule has 0 aliphatic carbocycles. The average molecular weight is 449 g/mol. The number of hydrogen-bond acceptors (Lipinski definition) is 3. The van der Waals surface area contributed by atoms with Gasteiger partial charge in [0.2, 0.25) is 0 Å². The van der Waals surface area contributed by atoms with Gasteiger partial charge >= 0.3 is 0 Å². The van der Waals surface area contributed by atoms with Crippen molar-refractivity contribution in [1.82, 2.24) is 19.5 Å². The normalized spacial score (nSPS) is 11.4. The van der Waals surface area contributed by atoms with Crippen molar-refractivity contribution < 1.29 is 0 Å². The Labute approximate surface area is 202 Å². The van der Waals surface area contributed by atoms with Crippen LogP contribution in [0.4, 0.5) is 0 Å². The molecular formula is C31H20N4. The highest BCUT2D eigenvalue weighted by Crippen LogP contribution is 2.35. The molecule has 0 atom stereocenters. The smallest absolute Gasteiger partial charge is 0.162 e. The second-order valence-electron chi connectivity index (χ2n) is 8.56. The number of hydrogen-bond donors (Lipinski definition) is 0. The summed E-state index contributed by atoms with van der Waals surface area (Å²) in [5, 5.41) is 3.36. The van der Waals surface area contributed by atoms with Gasteiger partial charge in [0.05, 0.1) is 22.2 Å². The summed E-state index contributed by atoms with van der Waals surface area (Å²) in [7, 11) is 0. The Morgan fingerprint density at radius 1 is 0.571 bits per heavy atom. The van der Waals surface area contributed by atoms with E-state index in [-0.39, 0.29) is 0 Å². The van der Waals surface area contributed by atoms with Crippen LogP contribution in [0.15, 0.2) is 121 Å². The molecule has 0 aliphatic heterocycles. The van der Waals surface area contributed by atoms with Gasteiger partial charge in [0.15, 0.2) is 5.82 Å². The largest absolute Gasteiger partial charge is 0.291 e. The lowest BCUT2D eigenvalue weighted by atomic mass is 10.1. The summed E-state index contributed by atoms with van der Waals surface area (Å²) < 4.78 is 2.24. The predicted molar refractivity (Wildman–Crippen MR) is 143 cm³/mol. The lowest BCUT2D eigenvalue weighted by molar-refractivity contribution is 1.05. The molecule has 0 unspecified atom stereocenters. The summed E-state index contributed by atoms with van der Waals surface area (Å²) in [5.41, 5.74) is 6.02. The van der Waals surface area contributed by atoms with Crippen LogP contribution < -0.4 is 0 Å². The van der Waals surface area contributed by atoms with Gasteiger partial charge in [-0.2, -0.15) is 0 Å². The number of benzene rings is 4. The number of pyridine rings is 1. The quantitative estimate of drug-likeness (QED) is 0.282. The topological polar surface area (TPSA) is 43.6 Å². The van der Waals surface area contributed by atoms with Crippen molar-refractivity contribution in [2.45, 2.75) is 0 Å². The van der Waals surface area contributed by atoms with Crippen LogP contribution in [0, 0.1) is 0 Å². The molecule has 0 saturated carbocycles. The second-order valence-corrected chi connectivity index (χ2v) is 8.56. The van der Waals surface area contributed by atoms with Crippen molar-refractivity contribution in [3.05, 3.63) is 121 Å². The molecule has 0 amide bonds. The third-order valence-electron chi connectivity index (χ3n) is 6.44.